The first-order chi connectivity index (χ1) is 12.1. The predicted molar refractivity (Wildman–Crippen MR) is 92.2 cm³/mol. The molecular formula is C20H20FNO3. The Balaban J connectivity index is 1.49. The molecule has 1 N–H and O–H groups in total. The molecule has 5 heteroatoms. The highest BCUT2D eigenvalue weighted by Gasteiger charge is 2.33. The fraction of sp³-hybridized carbons (Fsp3) is 0.350. The Morgan fingerprint density at radius 1 is 1.12 bits per heavy atom. The molecule has 1 aliphatic heterocycles. The molecule has 1 saturated heterocycles. The molecule has 0 radical (unpaired) electrons. The maximum atomic E-state index is 13.3. The van der Waals surface area contributed by atoms with Crippen LogP contribution in [0.15, 0.2) is 48.5 Å². The van der Waals surface area contributed by atoms with Gasteiger partial charge in [0.2, 0.25) is 0 Å². The number of carbonyl (C=O) groups is 1. The minimum atomic E-state index is -1.27. The van der Waals surface area contributed by atoms with Crippen LogP contribution in [0.1, 0.15) is 23.5 Å². The number of β-amino-alcohol motifs (C(OH)–C–C–N with tert-alkyl or cyclic N) is 1. The van der Waals surface area contributed by atoms with E-state index in [0.29, 0.717) is 0 Å². The molecule has 1 aliphatic carbocycles. The van der Waals surface area contributed by atoms with Gasteiger partial charge < -0.3 is 14.7 Å². The molecule has 0 aromatic heterocycles. The number of piperidine rings is 1. The Morgan fingerprint density at radius 3 is 2.32 bits per heavy atom. The lowest BCUT2D eigenvalue weighted by atomic mass is 9.98. The summed E-state index contributed by atoms with van der Waals surface area (Å²) in [5, 5.41) is 9.61. The number of rotatable bonds is 2. The average molecular weight is 341 g/mol. The largest absolute Gasteiger partial charge is 0.448 e. The zero-order chi connectivity index (χ0) is 17.4. The molecule has 2 aliphatic rings. The maximum absolute atomic E-state index is 13.3. The Kier molecular flexibility index (Phi) is 4.17. The van der Waals surface area contributed by atoms with E-state index in [1.807, 2.05) is 24.3 Å². The van der Waals surface area contributed by atoms with Gasteiger partial charge >= 0.3 is 6.09 Å². The van der Waals surface area contributed by atoms with Crippen LogP contribution in [0.3, 0.4) is 0 Å². The number of halogens is 1. The molecule has 4 rings (SSSR count). The van der Waals surface area contributed by atoms with Gasteiger partial charge in [-0.3, -0.25) is 0 Å². The van der Waals surface area contributed by atoms with E-state index in [2.05, 4.69) is 24.3 Å². The fourth-order valence-electron chi connectivity index (χ4n) is 3.75. The van der Waals surface area contributed by atoms with Crippen molar-refractivity contribution in [2.45, 2.75) is 24.6 Å². The minimum Gasteiger partial charge on any atom is -0.448 e. The van der Waals surface area contributed by atoms with E-state index in [-0.39, 0.29) is 32.0 Å². The van der Waals surface area contributed by atoms with Gasteiger partial charge in [0.1, 0.15) is 18.9 Å². The summed E-state index contributed by atoms with van der Waals surface area (Å²) in [7, 11) is 0. The van der Waals surface area contributed by atoms with E-state index in [4.69, 9.17) is 4.74 Å². The van der Waals surface area contributed by atoms with Crippen molar-refractivity contribution in [3.8, 4) is 11.1 Å². The van der Waals surface area contributed by atoms with Crippen LogP contribution in [0.4, 0.5) is 9.18 Å². The third-order valence-electron chi connectivity index (χ3n) is 5.09. The summed E-state index contributed by atoms with van der Waals surface area (Å²) < 4.78 is 18.9. The van der Waals surface area contributed by atoms with E-state index >= 15 is 0 Å². The van der Waals surface area contributed by atoms with E-state index in [0.717, 1.165) is 11.1 Å². The standard InChI is InChI=1S/C20H20FNO3/c21-18-9-10-22(11-19(18)23)20(24)25-12-17-15-7-3-1-5-13(15)14-6-2-4-8-16(14)17/h1-8,17-19,23H,9-12H2/t18-,19-/m1/s1. The van der Waals surface area contributed by atoms with Gasteiger partial charge in [0.05, 0.1) is 6.54 Å². The van der Waals surface area contributed by atoms with E-state index in [1.54, 1.807) is 0 Å². The smallest absolute Gasteiger partial charge is 0.409 e. The molecule has 130 valence electrons. The molecule has 0 spiro atoms. The van der Waals surface area contributed by atoms with Gasteiger partial charge in [0, 0.05) is 12.5 Å². The highest BCUT2D eigenvalue weighted by molar-refractivity contribution is 5.79. The second kappa shape index (κ2) is 6.48. The van der Waals surface area contributed by atoms with Crippen molar-refractivity contribution in [2.24, 2.45) is 0 Å². The molecule has 25 heavy (non-hydrogen) atoms. The van der Waals surface area contributed by atoms with Gasteiger partial charge in [-0.1, -0.05) is 48.5 Å². The topological polar surface area (TPSA) is 49.8 Å². The number of hydrogen-bond donors (Lipinski definition) is 1. The summed E-state index contributed by atoms with van der Waals surface area (Å²) in [6.07, 6.45) is -2.74. The lowest BCUT2D eigenvalue weighted by Crippen LogP contribution is -2.47. The van der Waals surface area contributed by atoms with E-state index < -0.39 is 18.4 Å². The van der Waals surface area contributed by atoms with Crippen LogP contribution in [0, 0.1) is 0 Å². The van der Waals surface area contributed by atoms with Gasteiger partial charge in [0.15, 0.2) is 0 Å². The van der Waals surface area contributed by atoms with Crippen molar-refractivity contribution in [1.29, 1.82) is 0 Å². The van der Waals surface area contributed by atoms with Crippen molar-refractivity contribution >= 4 is 6.09 Å². The lowest BCUT2D eigenvalue weighted by molar-refractivity contribution is 0.000681. The van der Waals surface area contributed by atoms with Crippen LogP contribution < -0.4 is 0 Å². The predicted octanol–water partition coefficient (Wildman–Crippen LogP) is 3.34. The normalized spacial score (nSPS) is 22.4. The van der Waals surface area contributed by atoms with Crippen molar-refractivity contribution in [3.05, 3.63) is 59.7 Å². The Morgan fingerprint density at radius 2 is 1.72 bits per heavy atom. The number of alkyl halides is 1. The molecule has 1 amide bonds. The SMILES string of the molecule is O=C(OCC1c2ccccc2-c2ccccc21)N1CC[C@@H](F)[C@H](O)C1. The third-order valence-corrected chi connectivity index (χ3v) is 5.09. The molecule has 2 aromatic carbocycles. The van der Waals surface area contributed by atoms with Gasteiger partial charge in [-0.2, -0.15) is 0 Å². The van der Waals surface area contributed by atoms with Crippen molar-refractivity contribution < 1.29 is 19.0 Å². The molecular weight excluding hydrogens is 321 g/mol. The summed E-state index contributed by atoms with van der Waals surface area (Å²) >= 11 is 0. The van der Waals surface area contributed by atoms with Crippen LogP contribution >= 0.6 is 0 Å². The molecule has 2 atom stereocenters. The highest BCUT2D eigenvalue weighted by Crippen LogP contribution is 2.44. The third kappa shape index (κ3) is 2.89. The molecule has 1 fully saturated rings. The summed E-state index contributed by atoms with van der Waals surface area (Å²) in [6, 6.07) is 16.3. The first kappa shape index (κ1) is 16.1. The monoisotopic (exact) mass is 341 g/mol. The first-order valence-corrected chi connectivity index (χ1v) is 8.57. The fourth-order valence-corrected chi connectivity index (χ4v) is 3.75. The van der Waals surface area contributed by atoms with E-state index in [9.17, 15) is 14.3 Å². The van der Waals surface area contributed by atoms with Gasteiger partial charge in [-0.25, -0.2) is 9.18 Å². The highest BCUT2D eigenvalue weighted by atomic mass is 19.1. The second-order valence-electron chi connectivity index (χ2n) is 6.62. The summed E-state index contributed by atoms with van der Waals surface area (Å²) in [4.78, 5) is 13.7. The summed E-state index contributed by atoms with van der Waals surface area (Å²) in [5.41, 5.74) is 4.65. The van der Waals surface area contributed by atoms with Crippen LogP contribution in [0.5, 0.6) is 0 Å². The van der Waals surface area contributed by atoms with Crippen LogP contribution in [0.25, 0.3) is 11.1 Å². The first-order valence-electron chi connectivity index (χ1n) is 8.57. The van der Waals surface area contributed by atoms with Crippen LogP contribution in [-0.4, -0.2) is 48.1 Å². The lowest BCUT2D eigenvalue weighted by Gasteiger charge is -2.31. The number of aliphatic hydroxyl groups excluding tert-OH is 1. The van der Waals surface area contributed by atoms with E-state index in [1.165, 1.54) is 16.0 Å². The number of amides is 1. The Labute approximate surface area is 145 Å². The Bertz CT molecular complexity index is 749. The Hall–Kier alpha value is -2.40. The zero-order valence-corrected chi connectivity index (χ0v) is 13.8. The van der Waals surface area contributed by atoms with Gasteiger partial charge in [0.25, 0.3) is 0 Å². The number of nitrogens with zero attached hydrogens (tertiary/aromatic N) is 1. The number of benzene rings is 2. The minimum absolute atomic E-state index is 0.0000114. The molecule has 0 saturated carbocycles. The molecule has 0 unspecified atom stereocenters. The zero-order valence-electron chi connectivity index (χ0n) is 13.8. The van der Waals surface area contributed by atoms with Crippen molar-refractivity contribution in [1.82, 2.24) is 4.90 Å². The van der Waals surface area contributed by atoms with Crippen LogP contribution in [-0.2, 0) is 4.74 Å². The summed E-state index contributed by atoms with van der Waals surface area (Å²) in [5.74, 6) is -0.0000114. The van der Waals surface area contributed by atoms with Gasteiger partial charge in [-0.05, 0) is 28.7 Å². The number of fused-ring (bicyclic) bond motifs is 3. The molecule has 1 heterocycles. The summed E-state index contributed by atoms with van der Waals surface area (Å²) in [6.45, 7) is 0.491. The molecule has 0 bridgehead atoms. The number of ether oxygens (including phenoxy) is 1. The van der Waals surface area contributed by atoms with Crippen molar-refractivity contribution in [3.63, 3.8) is 0 Å². The van der Waals surface area contributed by atoms with Crippen LogP contribution in [0.2, 0.25) is 0 Å². The number of aliphatic hydroxyl groups is 1. The number of likely N-dealkylation sites (tertiary alicyclic amines) is 1. The average Bonchev–Trinajstić information content (AvgIpc) is 2.96. The number of hydrogen-bond acceptors (Lipinski definition) is 3. The second-order valence-corrected chi connectivity index (χ2v) is 6.62. The maximum Gasteiger partial charge on any atom is 0.409 e. The van der Waals surface area contributed by atoms with Gasteiger partial charge in [-0.15, -0.1) is 0 Å². The van der Waals surface area contributed by atoms with Crippen molar-refractivity contribution in [2.75, 3.05) is 19.7 Å². The molecule has 4 nitrogen and oxygen atoms in total. The quantitative estimate of drug-likeness (QED) is 0.911. The number of carbonyl (C=O) groups excluding carboxylic acids is 1. The molecule has 2 aromatic rings.